The van der Waals surface area contributed by atoms with Crippen molar-refractivity contribution in [2.75, 3.05) is 27.2 Å². The standard InChI is InChI=1S/C17H17N5O3/c1-22-9-13(18-8-15(22)23)17-20-16(21-25-17)11-7-14(24-2)19-12-6-4-3-5-10(11)12/h3-7,13,18H,8-9H2,1-2H3. The van der Waals surface area contributed by atoms with Gasteiger partial charge in [0.1, 0.15) is 6.04 Å². The van der Waals surface area contributed by atoms with E-state index in [-0.39, 0.29) is 18.5 Å². The number of methoxy groups -OCH3 is 1. The summed E-state index contributed by atoms with van der Waals surface area (Å²) in [6.45, 7) is 0.742. The molecule has 8 nitrogen and oxygen atoms in total. The van der Waals surface area contributed by atoms with Crippen LogP contribution in [0.4, 0.5) is 0 Å². The average molecular weight is 339 g/mol. The SMILES string of the molecule is COc1cc(-c2noc(C3CN(C)C(=O)CN3)n2)c2ccccc2n1. The molecule has 25 heavy (non-hydrogen) atoms. The molecule has 1 saturated heterocycles. The molecule has 1 atom stereocenters. The highest BCUT2D eigenvalue weighted by Crippen LogP contribution is 2.30. The van der Waals surface area contributed by atoms with Gasteiger partial charge in [0.2, 0.25) is 23.5 Å². The van der Waals surface area contributed by atoms with Gasteiger partial charge in [-0.3, -0.25) is 10.1 Å². The van der Waals surface area contributed by atoms with Crippen molar-refractivity contribution in [3.8, 4) is 17.3 Å². The third-order valence-corrected chi connectivity index (χ3v) is 4.26. The lowest BCUT2D eigenvalue weighted by Crippen LogP contribution is -2.47. The van der Waals surface area contributed by atoms with Crippen molar-refractivity contribution in [3.05, 3.63) is 36.2 Å². The van der Waals surface area contributed by atoms with Crippen molar-refractivity contribution in [1.29, 1.82) is 0 Å². The molecule has 3 heterocycles. The minimum atomic E-state index is -0.182. The fourth-order valence-electron chi connectivity index (χ4n) is 2.88. The largest absolute Gasteiger partial charge is 0.481 e. The Morgan fingerprint density at radius 1 is 1.32 bits per heavy atom. The fraction of sp³-hybridized carbons (Fsp3) is 0.294. The van der Waals surface area contributed by atoms with Crippen molar-refractivity contribution in [3.63, 3.8) is 0 Å². The molecule has 8 heteroatoms. The fourth-order valence-corrected chi connectivity index (χ4v) is 2.88. The van der Waals surface area contributed by atoms with E-state index >= 15 is 0 Å². The number of nitrogens with one attached hydrogen (secondary N) is 1. The lowest BCUT2D eigenvalue weighted by atomic mass is 10.1. The number of pyridine rings is 1. The Labute approximate surface area is 143 Å². The summed E-state index contributed by atoms with van der Waals surface area (Å²) in [4.78, 5) is 22.2. The van der Waals surface area contributed by atoms with Crippen molar-refractivity contribution in [2.24, 2.45) is 0 Å². The zero-order chi connectivity index (χ0) is 17.4. The van der Waals surface area contributed by atoms with E-state index in [2.05, 4.69) is 20.4 Å². The van der Waals surface area contributed by atoms with Gasteiger partial charge in [-0.15, -0.1) is 0 Å². The van der Waals surface area contributed by atoms with Crippen LogP contribution in [0.25, 0.3) is 22.3 Å². The van der Waals surface area contributed by atoms with Gasteiger partial charge in [0.25, 0.3) is 0 Å². The Balaban J connectivity index is 1.73. The smallest absolute Gasteiger partial charge is 0.245 e. The van der Waals surface area contributed by atoms with E-state index in [9.17, 15) is 4.79 Å². The van der Waals surface area contributed by atoms with Crippen molar-refractivity contribution in [1.82, 2.24) is 25.3 Å². The molecule has 2 aromatic heterocycles. The van der Waals surface area contributed by atoms with Crippen LogP contribution in [0, 0.1) is 0 Å². The molecule has 0 spiro atoms. The Morgan fingerprint density at radius 2 is 2.16 bits per heavy atom. The predicted octanol–water partition coefficient (Wildman–Crippen LogP) is 1.40. The predicted molar refractivity (Wildman–Crippen MR) is 90.0 cm³/mol. The second-order valence-corrected chi connectivity index (χ2v) is 5.89. The Hall–Kier alpha value is -3.00. The van der Waals surface area contributed by atoms with Crippen LogP contribution < -0.4 is 10.1 Å². The normalized spacial score (nSPS) is 17.9. The highest BCUT2D eigenvalue weighted by Gasteiger charge is 2.28. The number of carbonyl (C=O) groups excluding carboxylic acids is 1. The molecule has 0 aliphatic carbocycles. The maximum Gasteiger partial charge on any atom is 0.245 e. The summed E-state index contributed by atoms with van der Waals surface area (Å²) in [5, 5.41) is 8.15. The van der Waals surface area contributed by atoms with Gasteiger partial charge in [0.05, 0.1) is 19.2 Å². The van der Waals surface area contributed by atoms with E-state index in [4.69, 9.17) is 9.26 Å². The molecule has 0 saturated carbocycles. The summed E-state index contributed by atoms with van der Waals surface area (Å²) in [5.41, 5.74) is 1.59. The monoisotopic (exact) mass is 339 g/mol. The van der Waals surface area contributed by atoms with E-state index in [0.29, 0.717) is 24.1 Å². The Kier molecular flexibility index (Phi) is 3.81. The average Bonchev–Trinajstić information content (AvgIpc) is 3.13. The van der Waals surface area contributed by atoms with Crippen LogP contribution in [0.2, 0.25) is 0 Å². The summed E-state index contributed by atoms with van der Waals surface area (Å²) >= 11 is 0. The van der Waals surface area contributed by atoms with Gasteiger partial charge in [-0.1, -0.05) is 23.4 Å². The zero-order valence-electron chi connectivity index (χ0n) is 13.9. The zero-order valence-corrected chi connectivity index (χ0v) is 13.9. The third kappa shape index (κ3) is 2.80. The van der Waals surface area contributed by atoms with Gasteiger partial charge < -0.3 is 14.2 Å². The van der Waals surface area contributed by atoms with Crippen LogP contribution in [-0.4, -0.2) is 53.2 Å². The second kappa shape index (κ2) is 6.14. The second-order valence-electron chi connectivity index (χ2n) is 5.89. The third-order valence-electron chi connectivity index (χ3n) is 4.26. The van der Waals surface area contributed by atoms with E-state index in [1.807, 2.05) is 24.3 Å². The van der Waals surface area contributed by atoms with E-state index in [1.54, 1.807) is 25.1 Å². The summed E-state index contributed by atoms with van der Waals surface area (Å²) < 4.78 is 10.7. The number of likely N-dealkylation sites (N-methyl/N-ethyl adjacent to an activating group) is 1. The number of nitrogens with zero attached hydrogens (tertiary/aromatic N) is 4. The van der Waals surface area contributed by atoms with Crippen LogP contribution in [0.5, 0.6) is 5.88 Å². The molecule has 1 unspecified atom stereocenters. The van der Waals surface area contributed by atoms with Crippen molar-refractivity contribution in [2.45, 2.75) is 6.04 Å². The molecule has 1 aliphatic rings. The van der Waals surface area contributed by atoms with E-state index in [0.717, 1.165) is 16.5 Å². The van der Waals surface area contributed by atoms with Crippen LogP contribution in [0.1, 0.15) is 11.9 Å². The summed E-state index contributed by atoms with van der Waals surface area (Å²) in [7, 11) is 3.33. The lowest BCUT2D eigenvalue weighted by molar-refractivity contribution is -0.131. The molecule has 1 amide bonds. The first-order chi connectivity index (χ1) is 12.2. The van der Waals surface area contributed by atoms with E-state index < -0.39 is 0 Å². The maximum atomic E-state index is 11.6. The minimum absolute atomic E-state index is 0.0425. The van der Waals surface area contributed by atoms with Crippen LogP contribution >= 0.6 is 0 Å². The first-order valence-corrected chi connectivity index (χ1v) is 7.91. The Bertz CT molecular complexity index is 939. The van der Waals surface area contributed by atoms with Crippen molar-refractivity contribution >= 4 is 16.8 Å². The minimum Gasteiger partial charge on any atom is -0.481 e. The van der Waals surface area contributed by atoms with Crippen LogP contribution in [-0.2, 0) is 4.79 Å². The molecule has 1 fully saturated rings. The number of para-hydroxylation sites is 1. The van der Waals surface area contributed by atoms with E-state index in [1.165, 1.54) is 0 Å². The molecule has 3 aromatic rings. The van der Waals surface area contributed by atoms with Crippen molar-refractivity contribution < 1.29 is 14.1 Å². The first kappa shape index (κ1) is 15.5. The molecule has 128 valence electrons. The van der Waals surface area contributed by atoms with Crippen LogP contribution in [0.15, 0.2) is 34.9 Å². The van der Waals surface area contributed by atoms with Gasteiger partial charge in [-0.2, -0.15) is 4.98 Å². The molecule has 1 N–H and O–H groups in total. The molecule has 1 aliphatic heterocycles. The van der Waals surface area contributed by atoms with Gasteiger partial charge in [-0.05, 0) is 6.07 Å². The van der Waals surface area contributed by atoms with Gasteiger partial charge in [0, 0.05) is 30.6 Å². The number of ether oxygens (including phenoxy) is 1. The quantitative estimate of drug-likeness (QED) is 0.771. The maximum absolute atomic E-state index is 11.6. The van der Waals surface area contributed by atoms with Gasteiger partial charge >= 0.3 is 0 Å². The highest BCUT2D eigenvalue weighted by molar-refractivity contribution is 5.93. The van der Waals surface area contributed by atoms with Crippen LogP contribution in [0.3, 0.4) is 0 Å². The summed E-state index contributed by atoms with van der Waals surface area (Å²) in [5.74, 6) is 1.45. The van der Waals surface area contributed by atoms with Gasteiger partial charge in [-0.25, -0.2) is 4.98 Å². The number of aromatic nitrogens is 3. The molecule has 0 bridgehead atoms. The highest BCUT2D eigenvalue weighted by atomic mass is 16.5. The lowest BCUT2D eigenvalue weighted by Gasteiger charge is -2.28. The number of rotatable bonds is 3. The number of hydrogen-bond acceptors (Lipinski definition) is 7. The number of hydrogen-bond donors (Lipinski definition) is 1. The first-order valence-electron chi connectivity index (χ1n) is 7.91. The molecule has 4 rings (SSSR count). The molecule has 1 aromatic carbocycles. The number of benzene rings is 1. The number of piperazine rings is 1. The summed E-state index contributed by atoms with van der Waals surface area (Å²) in [6, 6.07) is 9.33. The van der Waals surface area contributed by atoms with Gasteiger partial charge in [0.15, 0.2) is 0 Å². The molecular formula is C17H17N5O3. The topological polar surface area (TPSA) is 93.4 Å². The molecular weight excluding hydrogens is 322 g/mol. The molecule has 0 radical (unpaired) electrons. The summed E-state index contributed by atoms with van der Waals surface area (Å²) in [6.07, 6.45) is 0. The number of amides is 1. The Morgan fingerprint density at radius 3 is 2.96 bits per heavy atom. The number of fused-ring (bicyclic) bond motifs is 1. The number of carbonyl (C=O) groups is 1.